The predicted octanol–water partition coefficient (Wildman–Crippen LogP) is 4.82. The Kier molecular flexibility index (Phi) is 5.35. The van der Waals surface area contributed by atoms with Crippen molar-refractivity contribution in [1.82, 2.24) is 0 Å². The minimum absolute atomic E-state index is 0.323. The SMILES string of the molecule is Cc1ccc(COc2cccc(C#CCCl)c2)c(Cl)c1. The molecule has 0 N–H and O–H groups in total. The Labute approximate surface area is 129 Å². The van der Waals surface area contributed by atoms with Crippen molar-refractivity contribution in [3.05, 3.63) is 64.2 Å². The maximum absolute atomic E-state index is 6.18. The van der Waals surface area contributed by atoms with E-state index in [0.717, 1.165) is 27.5 Å². The molecule has 0 spiro atoms. The maximum atomic E-state index is 6.18. The second-order valence-electron chi connectivity index (χ2n) is 4.35. The Balaban J connectivity index is 2.07. The molecule has 0 amide bonds. The first-order valence-corrected chi connectivity index (χ1v) is 7.13. The van der Waals surface area contributed by atoms with E-state index in [1.165, 1.54) is 0 Å². The number of hydrogen-bond acceptors (Lipinski definition) is 1. The Hall–Kier alpha value is -1.62. The van der Waals surface area contributed by atoms with Gasteiger partial charge in [-0.05, 0) is 36.8 Å². The van der Waals surface area contributed by atoms with E-state index in [9.17, 15) is 0 Å². The van der Waals surface area contributed by atoms with E-state index in [1.807, 2.05) is 49.4 Å². The molecule has 102 valence electrons. The van der Waals surface area contributed by atoms with Gasteiger partial charge in [-0.3, -0.25) is 0 Å². The number of aryl methyl sites for hydroxylation is 1. The zero-order chi connectivity index (χ0) is 14.4. The standard InChI is InChI=1S/C17H14Cl2O/c1-13-7-8-15(17(19)10-13)12-20-16-6-2-4-14(11-16)5-3-9-18/h2,4,6-8,10-11H,9,12H2,1H3. The second-order valence-corrected chi connectivity index (χ2v) is 5.02. The fraction of sp³-hybridized carbons (Fsp3) is 0.176. The first-order chi connectivity index (χ1) is 9.69. The number of rotatable bonds is 3. The summed E-state index contributed by atoms with van der Waals surface area (Å²) >= 11 is 11.7. The summed E-state index contributed by atoms with van der Waals surface area (Å²) in [5.74, 6) is 6.87. The molecule has 2 aromatic carbocycles. The smallest absolute Gasteiger partial charge is 0.121 e. The lowest BCUT2D eigenvalue weighted by Crippen LogP contribution is -1.96. The quantitative estimate of drug-likeness (QED) is 0.583. The average Bonchev–Trinajstić information content (AvgIpc) is 2.45. The monoisotopic (exact) mass is 304 g/mol. The summed E-state index contributed by atoms with van der Waals surface area (Å²) < 4.78 is 5.75. The minimum Gasteiger partial charge on any atom is -0.489 e. The Morgan fingerprint density at radius 2 is 2.00 bits per heavy atom. The van der Waals surface area contributed by atoms with E-state index in [1.54, 1.807) is 0 Å². The van der Waals surface area contributed by atoms with Crippen LogP contribution in [0.1, 0.15) is 16.7 Å². The summed E-state index contributed by atoms with van der Waals surface area (Å²) in [6, 6.07) is 13.6. The molecule has 0 saturated heterocycles. The van der Waals surface area contributed by atoms with E-state index in [-0.39, 0.29) is 0 Å². The molecule has 0 saturated carbocycles. The third kappa shape index (κ3) is 4.20. The minimum atomic E-state index is 0.323. The molecule has 0 aliphatic carbocycles. The molecule has 2 rings (SSSR count). The summed E-state index contributed by atoms with van der Waals surface area (Å²) in [6.45, 7) is 2.45. The Bertz CT molecular complexity index is 654. The fourth-order valence-corrected chi connectivity index (χ4v) is 2.09. The summed E-state index contributed by atoms with van der Waals surface area (Å²) in [4.78, 5) is 0. The Morgan fingerprint density at radius 1 is 1.15 bits per heavy atom. The summed E-state index contributed by atoms with van der Waals surface area (Å²) in [7, 11) is 0. The van der Waals surface area contributed by atoms with Crippen LogP contribution in [0.3, 0.4) is 0 Å². The van der Waals surface area contributed by atoms with Gasteiger partial charge in [-0.15, -0.1) is 11.6 Å². The van der Waals surface area contributed by atoms with Gasteiger partial charge in [0.15, 0.2) is 0 Å². The lowest BCUT2D eigenvalue weighted by molar-refractivity contribution is 0.306. The highest BCUT2D eigenvalue weighted by Crippen LogP contribution is 2.20. The molecule has 3 heteroatoms. The van der Waals surface area contributed by atoms with Crippen LogP contribution in [0, 0.1) is 18.8 Å². The maximum Gasteiger partial charge on any atom is 0.121 e. The summed E-state index contributed by atoms with van der Waals surface area (Å²) in [6.07, 6.45) is 0. The molecule has 2 aromatic rings. The first kappa shape index (κ1) is 14.8. The van der Waals surface area contributed by atoms with Crippen molar-refractivity contribution in [1.29, 1.82) is 0 Å². The third-order valence-electron chi connectivity index (χ3n) is 2.74. The van der Waals surface area contributed by atoms with Crippen molar-refractivity contribution in [2.24, 2.45) is 0 Å². The zero-order valence-corrected chi connectivity index (χ0v) is 12.6. The van der Waals surface area contributed by atoms with Crippen LogP contribution in [0.4, 0.5) is 0 Å². The predicted molar refractivity (Wildman–Crippen MR) is 84.6 cm³/mol. The molecule has 0 bridgehead atoms. The largest absolute Gasteiger partial charge is 0.489 e. The van der Waals surface area contributed by atoms with Gasteiger partial charge in [0.05, 0.1) is 5.88 Å². The molecule has 0 radical (unpaired) electrons. The van der Waals surface area contributed by atoms with Gasteiger partial charge in [-0.1, -0.05) is 41.6 Å². The molecule has 0 aliphatic rings. The van der Waals surface area contributed by atoms with Crippen LogP contribution in [0.2, 0.25) is 5.02 Å². The van der Waals surface area contributed by atoms with Crippen molar-refractivity contribution >= 4 is 23.2 Å². The van der Waals surface area contributed by atoms with Crippen LogP contribution in [0.5, 0.6) is 5.75 Å². The fourth-order valence-electron chi connectivity index (χ4n) is 1.73. The van der Waals surface area contributed by atoms with Crippen molar-refractivity contribution in [2.45, 2.75) is 13.5 Å². The van der Waals surface area contributed by atoms with Gasteiger partial charge in [-0.2, -0.15) is 0 Å². The molecular weight excluding hydrogens is 291 g/mol. The van der Waals surface area contributed by atoms with Crippen LogP contribution < -0.4 is 4.74 Å². The van der Waals surface area contributed by atoms with E-state index in [4.69, 9.17) is 27.9 Å². The van der Waals surface area contributed by atoms with Crippen LogP contribution in [-0.4, -0.2) is 5.88 Å². The second kappa shape index (κ2) is 7.24. The number of alkyl halides is 1. The van der Waals surface area contributed by atoms with E-state index < -0.39 is 0 Å². The van der Waals surface area contributed by atoms with Gasteiger partial charge in [-0.25, -0.2) is 0 Å². The summed E-state index contributed by atoms with van der Waals surface area (Å²) in [5, 5.41) is 0.725. The number of halogens is 2. The highest BCUT2D eigenvalue weighted by molar-refractivity contribution is 6.31. The van der Waals surface area contributed by atoms with Gasteiger partial charge >= 0.3 is 0 Å². The normalized spacial score (nSPS) is 9.75. The third-order valence-corrected chi connectivity index (χ3v) is 3.22. The highest BCUT2D eigenvalue weighted by Gasteiger charge is 2.02. The highest BCUT2D eigenvalue weighted by atomic mass is 35.5. The van der Waals surface area contributed by atoms with Gasteiger partial charge < -0.3 is 4.74 Å². The van der Waals surface area contributed by atoms with E-state index in [0.29, 0.717) is 12.5 Å². The lowest BCUT2D eigenvalue weighted by Gasteiger charge is -2.08. The summed E-state index contributed by atoms with van der Waals surface area (Å²) in [5.41, 5.74) is 2.99. The number of hydrogen-bond donors (Lipinski definition) is 0. The van der Waals surface area contributed by atoms with E-state index >= 15 is 0 Å². The average molecular weight is 305 g/mol. The van der Waals surface area contributed by atoms with Crippen LogP contribution in [0.15, 0.2) is 42.5 Å². The van der Waals surface area contributed by atoms with Crippen molar-refractivity contribution < 1.29 is 4.74 Å². The van der Waals surface area contributed by atoms with Crippen LogP contribution in [-0.2, 0) is 6.61 Å². The molecule has 0 heterocycles. The van der Waals surface area contributed by atoms with E-state index in [2.05, 4.69) is 11.8 Å². The molecule has 20 heavy (non-hydrogen) atoms. The van der Waals surface area contributed by atoms with Crippen LogP contribution in [0.25, 0.3) is 0 Å². The molecule has 0 unspecified atom stereocenters. The van der Waals surface area contributed by atoms with Crippen molar-refractivity contribution in [3.63, 3.8) is 0 Å². The van der Waals surface area contributed by atoms with Crippen LogP contribution >= 0.6 is 23.2 Å². The molecule has 1 nitrogen and oxygen atoms in total. The first-order valence-electron chi connectivity index (χ1n) is 6.22. The molecular formula is C17H14Cl2O. The van der Waals surface area contributed by atoms with Crippen molar-refractivity contribution in [2.75, 3.05) is 5.88 Å². The molecule has 0 aromatic heterocycles. The van der Waals surface area contributed by atoms with Gasteiger partial charge in [0, 0.05) is 16.1 Å². The molecule has 0 aliphatic heterocycles. The molecule has 0 atom stereocenters. The zero-order valence-electron chi connectivity index (χ0n) is 11.1. The Morgan fingerprint density at radius 3 is 2.75 bits per heavy atom. The number of benzene rings is 2. The lowest BCUT2D eigenvalue weighted by atomic mass is 10.1. The topological polar surface area (TPSA) is 9.23 Å². The number of ether oxygens (including phenoxy) is 1. The van der Waals surface area contributed by atoms with Gasteiger partial charge in [0.2, 0.25) is 0 Å². The van der Waals surface area contributed by atoms with Crippen molar-refractivity contribution in [3.8, 4) is 17.6 Å². The van der Waals surface area contributed by atoms with Gasteiger partial charge in [0.25, 0.3) is 0 Å². The van der Waals surface area contributed by atoms with Gasteiger partial charge in [0.1, 0.15) is 12.4 Å². The molecule has 0 fully saturated rings.